The molecule has 0 unspecified atom stereocenters. The van der Waals surface area contributed by atoms with Crippen LogP contribution in [0.2, 0.25) is 0 Å². The predicted molar refractivity (Wildman–Crippen MR) is 83.1 cm³/mol. The molecule has 0 radical (unpaired) electrons. The fraction of sp³-hybridized carbons (Fsp3) is 0.267. The third-order valence-electron chi connectivity index (χ3n) is 3.28. The zero-order valence-electron chi connectivity index (χ0n) is 12.6. The van der Waals surface area contributed by atoms with Crippen molar-refractivity contribution in [1.82, 2.24) is 24.8 Å². The Bertz CT molecular complexity index is 802. The fourth-order valence-corrected chi connectivity index (χ4v) is 2.15. The van der Waals surface area contributed by atoms with Crippen molar-refractivity contribution in [3.8, 4) is 5.88 Å². The van der Waals surface area contributed by atoms with Crippen LogP contribution in [0, 0.1) is 0 Å². The van der Waals surface area contributed by atoms with Gasteiger partial charge in [-0.2, -0.15) is 4.52 Å². The van der Waals surface area contributed by atoms with Crippen molar-refractivity contribution in [3.05, 3.63) is 42.5 Å². The van der Waals surface area contributed by atoms with Gasteiger partial charge in [0.05, 0.1) is 7.11 Å². The van der Waals surface area contributed by atoms with Crippen LogP contribution in [0.15, 0.2) is 36.7 Å². The number of carbonyl (C=O) groups is 1. The van der Waals surface area contributed by atoms with E-state index in [1.54, 1.807) is 48.3 Å². The largest absolute Gasteiger partial charge is 0.480 e. The molecule has 3 aromatic heterocycles. The highest BCUT2D eigenvalue weighted by Crippen LogP contribution is 2.11. The molecule has 1 N–H and O–H groups in total. The highest BCUT2D eigenvalue weighted by Gasteiger charge is 2.09. The van der Waals surface area contributed by atoms with Crippen molar-refractivity contribution in [3.63, 3.8) is 0 Å². The average molecular weight is 312 g/mol. The molecule has 118 valence electrons. The van der Waals surface area contributed by atoms with Crippen LogP contribution in [-0.2, 0) is 11.2 Å². The summed E-state index contributed by atoms with van der Waals surface area (Å²) >= 11 is 0. The topological polar surface area (TPSA) is 94.3 Å². The average Bonchev–Trinajstić information content (AvgIpc) is 2.98. The number of nitrogens with zero attached hydrogens (tertiary/aromatic N) is 5. The minimum Gasteiger partial charge on any atom is -0.480 e. The van der Waals surface area contributed by atoms with E-state index in [0.29, 0.717) is 36.6 Å². The molecule has 3 heterocycles. The first-order valence-electron chi connectivity index (χ1n) is 7.21. The number of hydrogen-bond donors (Lipinski definition) is 1. The fourth-order valence-electron chi connectivity index (χ4n) is 2.15. The van der Waals surface area contributed by atoms with Gasteiger partial charge in [-0.25, -0.2) is 0 Å². The van der Waals surface area contributed by atoms with Crippen molar-refractivity contribution in [2.75, 3.05) is 12.4 Å². The first kappa shape index (κ1) is 14.9. The normalized spacial score (nSPS) is 10.7. The van der Waals surface area contributed by atoms with Crippen LogP contribution in [-0.4, -0.2) is 37.8 Å². The number of nitrogens with one attached hydrogen (secondary N) is 1. The third-order valence-corrected chi connectivity index (χ3v) is 3.28. The third kappa shape index (κ3) is 3.60. The van der Waals surface area contributed by atoms with Crippen molar-refractivity contribution in [2.24, 2.45) is 0 Å². The molecule has 0 atom stereocenters. The smallest absolute Gasteiger partial charge is 0.231 e. The Hall–Kier alpha value is -3.03. The number of amides is 1. The second kappa shape index (κ2) is 6.82. The Morgan fingerprint density at radius 3 is 2.83 bits per heavy atom. The second-order valence-electron chi connectivity index (χ2n) is 4.90. The summed E-state index contributed by atoms with van der Waals surface area (Å²) < 4.78 is 6.74. The van der Waals surface area contributed by atoms with Crippen LogP contribution >= 0.6 is 0 Å². The number of fused-ring (bicyclic) bond motifs is 1. The zero-order valence-corrected chi connectivity index (χ0v) is 12.6. The molecule has 8 heteroatoms. The van der Waals surface area contributed by atoms with Gasteiger partial charge in [-0.1, -0.05) is 0 Å². The van der Waals surface area contributed by atoms with E-state index in [1.807, 2.05) is 0 Å². The Morgan fingerprint density at radius 1 is 1.22 bits per heavy atom. The quantitative estimate of drug-likeness (QED) is 0.741. The standard InChI is InChI=1S/C15H16N6O2/c1-23-15-6-5-13-19-18-12(21(13)20-15)3-2-4-14(22)17-11-7-9-16-10-8-11/h5-10H,2-4H2,1H3,(H,16,17,22). The molecule has 3 aromatic rings. The van der Waals surface area contributed by atoms with Gasteiger partial charge in [-0.05, 0) is 24.6 Å². The molecule has 0 fully saturated rings. The number of pyridine rings is 1. The van der Waals surface area contributed by atoms with Gasteiger partial charge in [0.2, 0.25) is 11.8 Å². The van der Waals surface area contributed by atoms with E-state index < -0.39 is 0 Å². The van der Waals surface area contributed by atoms with Gasteiger partial charge in [0, 0.05) is 37.0 Å². The summed E-state index contributed by atoms with van der Waals surface area (Å²) in [6, 6.07) is 7.02. The Labute approximate surface area is 132 Å². The minimum atomic E-state index is -0.0458. The first-order valence-corrected chi connectivity index (χ1v) is 7.21. The molecule has 0 bridgehead atoms. The van der Waals surface area contributed by atoms with Crippen molar-refractivity contribution < 1.29 is 9.53 Å². The lowest BCUT2D eigenvalue weighted by atomic mass is 10.2. The van der Waals surface area contributed by atoms with Gasteiger partial charge < -0.3 is 10.1 Å². The highest BCUT2D eigenvalue weighted by atomic mass is 16.5. The minimum absolute atomic E-state index is 0.0458. The van der Waals surface area contributed by atoms with E-state index in [1.165, 1.54) is 0 Å². The number of hydrogen-bond acceptors (Lipinski definition) is 6. The van der Waals surface area contributed by atoms with Gasteiger partial charge in [-0.15, -0.1) is 15.3 Å². The van der Waals surface area contributed by atoms with Gasteiger partial charge >= 0.3 is 0 Å². The molecular weight excluding hydrogens is 296 g/mol. The monoisotopic (exact) mass is 312 g/mol. The Morgan fingerprint density at radius 2 is 2.04 bits per heavy atom. The number of methoxy groups -OCH3 is 1. The van der Waals surface area contributed by atoms with Crippen LogP contribution in [0.1, 0.15) is 18.7 Å². The molecular formula is C15H16N6O2. The predicted octanol–water partition coefficient (Wildman–Crippen LogP) is 1.49. The molecule has 8 nitrogen and oxygen atoms in total. The number of anilines is 1. The molecule has 0 aliphatic rings. The van der Waals surface area contributed by atoms with Crippen LogP contribution in [0.5, 0.6) is 5.88 Å². The Balaban J connectivity index is 1.57. The molecule has 0 aromatic carbocycles. The van der Waals surface area contributed by atoms with Gasteiger partial charge in [-0.3, -0.25) is 9.78 Å². The van der Waals surface area contributed by atoms with Crippen molar-refractivity contribution in [1.29, 1.82) is 0 Å². The summed E-state index contributed by atoms with van der Waals surface area (Å²) in [7, 11) is 1.56. The van der Waals surface area contributed by atoms with Crippen LogP contribution < -0.4 is 10.1 Å². The van der Waals surface area contributed by atoms with Gasteiger partial charge in [0.15, 0.2) is 11.5 Å². The number of carbonyl (C=O) groups excluding carboxylic acids is 1. The number of ether oxygens (including phenoxy) is 1. The van der Waals surface area contributed by atoms with Crippen LogP contribution in [0.4, 0.5) is 5.69 Å². The summed E-state index contributed by atoms with van der Waals surface area (Å²) in [5, 5.41) is 15.3. The first-order chi connectivity index (χ1) is 11.3. The Kier molecular flexibility index (Phi) is 4.41. The summed E-state index contributed by atoms with van der Waals surface area (Å²) in [4.78, 5) is 15.8. The number of aryl methyl sites for hydroxylation is 1. The summed E-state index contributed by atoms with van der Waals surface area (Å²) in [5.41, 5.74) is 1.39. The summed E-state index contributed by atoms with van der Waals surface area (Å²) in [6.07, 6.45) is 4.91. The summed E-state index contributed by atoms with van der Waals surface area (Å²) in [5.74, 6) is 1.15. The van der Waals surface area contributed by atoms with Crippen LogP contribution in [0.3, 0.4) is 0 Å². The van der Waals surface area contributed by atoms with Gasteiger partial charge in [0.1, 0.15) is 0 Å². The lowest BCUT2D eigenvalue weighted by Gasteiger charge is -2.04. The maximum Gasteiger partial charge on any atom is 0.231 e. The maximum absolute atomic E-state index is 11.9. The number of aromatic nitrogens is 5. The molecule has 0 aliphatic carbocycles. The molecule has 23 heavy (non-hydrogen) atoms. The molecule has 0 saturated heterocycles. The molecule has 1 amide bonds. The van der Waals surface area contributed by atoms with E-state index in [2.05, 4.69) is 25.6 Å². The van der Waals surface area contributed by atoms with Crippen LogP contribution in [0.25, 0.3) is 5.65 Å². The van der Waals surface area contributed by atoms with E-state index in [0.717, 1.165) is 5.69 Å². The van der Waals surface area contributed by atoms with E-state index >= 15 is 0 Å². The van der Waals surface area contributed by atoms with Crippen molar-refractivity contribution in [2.45, 2.75) is 19.3 Å². The zero-order chi connectivity index (χ0) is 16.1. The highest BCUT2D eigenvalue weighted by molar-refractivity contribution is 5.90. The van der Waals surface area contributed by atoms with E-state index in [4.69, 9.17) is 4.74 Å². The number of rotatable bonds is 6. The van der Waals surface area contributed by atoms with E-state index in [9.17, 15) is 4.79 Å². The lowest BCUT2D eigenvalue weighted by molar-refractivity contribution is -0.116. The maximum atomic E-state index is 11.9. The molecule has 0 saturated carbocycles. The molecule has 0 aliphatic heterocycles. The second-order valence-corrected chi connectivity index (χ2v) is 4.90. The SMILES string of the molecule is COc1ccc2nnc(CCCC(=O)Nc3ccncc3)n2n1. The lowest BCUT2D eigenvalue weighted by Crippen LogP contribution is -2.12. The van der Waals surface area contributed by atoms with E-state index in [-0.39, 0.29) is 5.91 Å². The van der Waals surface area contributed by atoms with Gasteiger partial charge in [0.25, 0.3) is 0 Å². The molecule has 0 spiro atoms. The van der Waals surface area contributed by atoms with Crippen molar-refractivity contribution >= 4 is 17.2 Å². The summed E-state index contributed by atoms with van der Waals surface area (Å²) in [6.45, 7) is 0. The molecule has 3 rings (SSSR count).